The molecule has 0 fully saturated rings. The zero-order valence-electron chi connectivity index (χ0n) is 10.2. The zero-order chi connectivity index (χ0) is 12.1. The van der Waals surface area contributed by atoms with Gasteiger partial charge < -0.3 is 18.9 Å². The standard InChI is InChI=1S/C13H17NO3/c1-10-6-12(17-13(10)7-14-2)9-15-8-11-4-3-5-16-11/h3-6,14H,7-9H2,1-2H3. The Kier molecular flexibility index (Phi) is 4.01. The maximum absolute atomic E-state index is 5.66. The molecule has 17 heavy (non-hydrogen) atoms. The second-order valence-electron chi connectivity index (χ2n) is 3.92. The first-order chi connectivity index (χ1) is 8.29. The van der Waals surface area contributed by atoms with Gasteiger partial charge in [0.1, 0.15) is 30.5 Å². The van der Waals surface area contributed by atoms with Crippen LogP contribution in [0.4, 0.5) is 0 Å². The van der Waals surface area contributed by atoms with Gasteiger partial charge in [0.25, 0.3) is 0 Å². The lowest BCUT2D eigenvalue weighted by molar-refractivity contribution is 0.0795. The van der Waals surface area contributed by atoms with Gasteiger partial charge in [-0.25, -0.2) is 0 Å². The molecule has 0 bridgehead atoms. The van der Waals surface area contributed by atoms with E-state index >= 15 is 0 Å². The average molecular weight is 235 g/mol. The van der Waals surface area contributed by atoms with Crippen LogP contribution in [0.25, 0.3) is 0 Å². The van der Waals surface area contributed by atoms with E-state index in [1.165, 1.54) is 0 Å². The summed E-state index contributed by atoms with van der Waals surface area (Å²) in [7, 11) is 1.90. The van der Waals surface area contributed by atoms with Gasteiger partial charge in [0.15, 0.2) is 0 Å². The normalized spacial score (nSPS) is 10.9. The summed E-state index contributed by atoms with van der Waals surface area (Å²) < 4.78 is 16.3. The second-order valence-corrected chi connectivity index (χ2v) is 3.92. The van der Waals surface area contributed by atoms with E-state index in [1.54, 1.807) is 6.26 Å². The first-order valence-corrected chi connectivity index (χ1v) is 5.62. The molecule has 92 valence electrons. The molecule has 2 aromatic rings. The highest BCUT2D eigenvalue weighted by Gasteiger charge is 2.07. The van der Waals surface area contributed by atoms with Crippen LogP contribution in [-0.4, -0.2) is 7.05 Å². The Bertz CT molecular complexity index is 445. The van der Waals surface area contributed by atoms with Gasteiger partial charge in [-0.1, -0.05) is 0 Å². The van der Waals surface area contributed by atoms with Crippen LogP contribution in [0.15, 0.2) is 33.3 Å². The predicted octanol–water partition coefficient (Wildman–Crippen LogP) is 2.62. The lowest BCUT2D eigenvalue weighted by atomic mass is 10.2. The molecule has 2 rings (SSSR count). The van der Waals surface area contributed by atoms with Crippen LogP contribution in [0.5, 0.6) is 0 Å². The van der Waals surface area contributed by atoms with Crippen molar-refractivity contribution < 1.29 is 13.6 Å². The number of furan rings is 2. The Balaban J connectivity index is 1.84. The van der Waals surface area contributed by atoms with E-state index in [0.29, 0.717) is 13.2 Å². The highest BCUT2D eigenvalue weighted by atomic mass is 16.5. The lowest BCUT2D eigenvalue weighted by Crippen LogP contribution is -2.04. The minimum atomic E-state index is 0.464. The molecule has 0 saturated carbocycles. The molecule has 0 spiro atoms. The van der Waals surface area contributed by atoms with Gasteiger partial charge in [0.2, 0.25) is 0 Å². The molecule has 0 aromatic carbocycles. The number of ether oxygens (including phenoxy) is 1. The molecule has 0 aliphatic carbocycles. The Morgan fingerprint density at radius 1 is 1.29 bits per heavy atom. The highest BCUT2D eigenvalue weighted by Crippen LogP contribution is 2.15. The summed E-state index contributed by atoms with van der Waals surface area (Å²) in [5.74, 6) is 2.63. The summed E-state index contributed by atoms with van der Waals surface area (Å²) in [5.41, 5.74) is 1.15. The van der Waals surface area contributed by atoms with Crippen molar-refractivity contribution >= 4 is 0 Å². The van der Waals surface area contributed by atoms with Crippen LogP contribution in [-0.2, 0) is 24.5 Å². The molecule has 4 nitrogen and oxygen atoms in total. The van der Waals surface area contributed by atoms with E-state index in [2.05, 4.69) is 5.32 Å². The number of hydrogen-bond acceptors (Lipinski definition) is 4. The van der Waals surface area contributed by atoms with Crippen molar-refractivity contribution in [3.63, 3.8) is 0 Å². The molecule has 4 heteroatoms. The Labute approximate surface area is 101 Å². The van der Waals surface area contributed by atoms with Gasteiger partial charge in [-0.05, 0) is 37.7 Å². The fourth-order valence-electron chi connectivity index (χ4n) is 1.64. The minimum Gasteiger partial charge on any atom is -0.467 e. The molecule has 0 unspecified atom stereocenters. The molecule has 1 N–H and O–H groups in total. The van der Waals surface area contributed by atoms with E-state index < -0.39 is 0 Å². The average Bonchev–Trinajstić information content (AvgIpc) is 2.91. The number of aryl methyl sites for hydroxylation is 1. The van der Waals surface area contributed by atoms with Crippen LogP contribution >= 0.6 is 0 Å². The van der Waals surface area contributed by atoms with E-state index in [0.717, 1.165) is 29.4 Å². The predicted molar refractivity (Wildman–Crippen MR) is 63.4 cm³/mol. The number of hydrogen-bond donors (Lipinski definition) is 1. The number of rotatable bonds is 6. The first-order valence-electron chi connectivity index (χ1n) is 5.62. The lowest BCUT2D eigenvalue weighted by Gasteiger charge is -1.99. The van der Waals surface area contributed by atoms with Gasteiger partial charge in [0, 0.05) is 0 Å². The second kappa shape index (κ2) is 5.70. The quantitative estimate of drug-likeness (QED) is 0.836. The fraction of sp³-hybridized carbons (Fsp3) is 0.385. The van der Waals surface area contributed by atoms with E-state index in [1.807, 2.05) is 32.2 Å². The van der Waals surface area contributed by atoms with Crippen molar-refractivity contribution in [3.05, 3.63) is 47.3 Å². The van der Waals surface area contributed by atoms with Gasteiger partial charge in [-0.15, -0.1) is 0 Å². The topological polar surface area (TPSA) is 47.5 Å². The van der Waals surface area contributed by atoms with Crippen molar-refractivity contribution in [1.82, 2.24) is 5.32 Å². The molecule has 2 aromatic heterocycles. The van der Waals surface area contributed by atoms with E-state index in [4.69, 9.17) is 13.6 Å². The summed E-state index contributed by atoms with van der Waals surface area (Å²) in [5, 5.41) is 3.07. The fourth-order valence-corrected chi connectivity index (χ4v) is 1.64. The van der Waals surface area contributed by atoms with Crippen LogP contribution < -0.4 is 5.32 Å². The van der Waals surface area contributed by atoms with Crippen LogP contribution in [0.3, 0.4) is 0 Å². The Morgan fingerprint density at radius 3 is 2.82 bits per heavy atom. The molecule has 0 atom stereocenters. The molecule has 0 aliphatic rings. The molecule has 0 amide bonds. The zero-order valence-corrected chi connectivity index (χ0v) is 10.2. The third-order valence-electron chi connectivity index (χ3n) is 2.48. The van der Waals surface area contributed by atoms with Gasteiger partial charge in [-0.3, -0.25) is 0 Å². The smallest absolute Gasteiger partial charge is 0.130 e. The van der Waals surface area contributed by atoms with Crippen molar-refractivity contribution in [1.29, 1.82) is 0 Å². The first kappa shape index (κ1) is 12.0. The van der Waals surface area contributed by atoms with Crippen LogP contribution in [0, 0.1) is 6.92 Å². The van der Waals surface area contributed by atoms with E-state index in [9.17, 15) is 0 Å². The van der Waals surface area contributed by atoms with Gasteiger partial charge >= 0.3 is 0 Å². The Hall–Kier alpha value is -1.52. The van der Waals surface area contributed by atoms with Crippen LogP contribution in [0.1, 0.15) is 22.8 Å². The van der Waals surface area contributed by atoms with Gasteiger partial charge in [-0.2, -0.15) is 0 Å². The van der Waals surface area contributed by atoms with Crippen LogP contribution in [0.2, 0.25) is 0 Å². The van der Waals surface area contributed by atoms with Gasteiger partial charge in [0.05, 0.1) is 12.8 Å². The maximum Gasteiger partial charge on any atom is 0.130 e. The molecule has 0 aliphatic heterocycles. The summed E-state index contributed by atoms with van der Waals surface area (Å²) in [6, 6.07) is 5.75. The molecular formula is C13H17NO3. The van der Waals surface area contributed by atoms with Crippen molar-refractivity contribution in [3.8, 4) is 0 Å². The minimum absolute atomic E-state index is 0.464. The van der Waals surface area contributed by atoms with Crippen molar-refractivity contribution in [2.24, 2.45) is 0 Å². The summed E-state index contributed by atoms with van der Waals surface area (Å²) in [6.07, 6.45) is 1.64. The molecule has 2 heterocycles. The van der Waals surface area contributed by atoms with Crippen molar-refractivity contribution in [2.75, 3.05) is 7.05 Å². The molecule has 0 radical (unpaired) electrons. The van der Waals surface area contributed by atoms with E-state index in [-0.39, 0.29) is 0 Å². The monoisotopic (exact) mass is 235 g/mol. The van der Waals surface area contributed by atoms with Crippen molar-refractivity contribution in [2.45, 2.75) is 26.7 Å². The number of nitrogens with one attached hydrogen (secondary N) is 1. The molecular weight excluding hydrogens is 218 g/mol. The molecule has 0 saturated heterocycles. The largest absolute Gasteiger partial charge is 0.467 e. The summed E-state index contributed by atoms with van der Waals surface area (Å²) >= 11 is 0. The SMILES string of the molecule is CNCc1oc(COCc2ccco2)cc1C. The summed E-state index contributed by atoms with van der Waals surface area (Å²) in [6.45, 7) is 3.70. The highest BCUT2D eigenvalue weighted by molar-refractivity contribution is 5.19. The third-order valence-corrected chi connectivity index (χ3v) is 2.48. The maximum atomic E-state index is 5.66. The summed E-state index contributed by atoms with van der Waals surface area (Å²) in [4.78, 5) is 0. The Morgan fingerprint density at radius 2 is 2.12 bits per heavy atom. The third kappa shape index (κ3) is 3.22.